The van der Waals surface area contributed by atoms with E-state index in [9.17, 15) is 4.79 Å². The smallest absolute Gasteiger partial charge is 0.251 e. The molecular formula is C22H21N3O2S. The summed E-state index contributed by atoms with van der Waals surface area (Å²) in [6.45, 7) is 0.663. The molecule has 2 heterocycles. The van der Waals surface area contributed by atoms with Gasteiger partial charge in [-0.2, -0.15) is 4.98 Å². The highest BCUT2D eigenvalue weighted by molar-refractivity contribution is 7.13. The second-order valence-electron chi connectivity index (χ2n) is 6.62. The molecule has 28 heavy (non-hydrogen) atoms. The van der Waals surface area contributed by atoms with Crippen LogP contribution in [0.5, 0.6) is 0 Å². The zero-order valence-electron chi connectivity index (χ0n) is 15.4. The molecule has 0 aliphatic rings. The van der Waals surface area contributed by atoms with Crippen LogP contribution in [0.15, 0.2) is 64.5 Å². The number of rotatable bonds is 8. The number of hydrogen-bond donors (Lipinski definition) is 1. The molecule has 0 aliphatic heterocycles. The van der Waals surface area contributed by atoms with E-state index in [0.29, 0.717) is 23.8 Å². The van der Waals surface area contributed by atoms with Crippen molar-refractivity contribution in [1.82, 2.24) is 15.5 Å². The largest absolute Gasteiger partial charge is 0.352 e. The van der Waals surface area contributed by atoms with E-state index in [4.69, 9.17) is 4.52 Å². The van der Waals surface area contributed by atoms with Crippen LogP contribution in [0.2, 0.25) is 0 Å². The Morgan fingerprint density at radius 1 is 1.00 bits per heavy atom. The highest BCUT2D eigenvalue weighted by Crippen LogP contribution is 2.21. The predicted molar refractivity (Wildman–Crippen MR) is 111 cm³/mol. The zero-order valence-corrected chi connectivity index (χ0v) is 16.2. The minimum atomic E-state index is -0.0248. The first-order chi connectivity index (χ1) is 13.8. The van der Waals surface area contributed by atoms with Crippen LogP contribution in [0, 0.1) is 0 Å². The minimum absolute atomic E-state index is 0.0248. The van der Waals surface area contributed by atoms with E-state index in [1.807, 2.05) is 60.0 Å². The number of nitrogens with zero attached hydrogens (tertiary/aromatic N) is 2. The molecule has 2 aromatic heterocycles. The number of aromatic nitrogens is 2. The standard InChI is InChI=1S/C22H21N3O2S/c26-22(18-12-11-16-7-3-4-8-17(16)15-18)23-13-5-1-2-10-20-24-21(25-27-20)19-9-6-14-28-19/h3-4,6-9,11-12,14-15H,1-2,5,10,13H2,(H,23,26). The number of carbonyl (C=O) groups excluding carboxylic acids is 1. The van der Waals surface area contributed by atoms with Gasteiger partial charge in [0.05, 0.1) is 4.88 Å². The average molecular weight is 391 g/mol. The van der Waals surface area contributed by atoms with E-state index in [-0.39, 0.29) is 5.91 Å². The first-order valence-corrected chi connectivity index (χ1v) is 10.3. The monoisotopic (exact) mass is 391 g/mol. The fourth-order valence-electron chi connectivity index (χ4n) is 3.07. The lowest BCUT2D eigenvalue weighted by atomic mass is 10.1. The van der Waals surface area contributed by atoms with Crippen LogP contribution in [0.1, 0.15) is 35.5 Å². The number of benzene rings is 2. The molecular weight excluding hydrogens is 370 g/mol. The number of hydrogen-bond acceptors (Lipinski definition) is 5. The first-order valence-electron chi connectivity index (χ1n) is 9.43. The SMILES string of the molecule is O=C(NCCCCCc1nc(-c2cccs2)no1)c1ccc2ccccc2c1. The number of carbonyl (C=O) groups is 1. The summed E-state index contributed by atoms with van der Waals surface area (Å²) in [6.07, 6.45) is 3.63. The summed E-state index contributed by atoms with van der Waals surface area (Å²) in [5, 5.41) is 11.2. The fraction of sp³-hybridized carbons (Fsp3) is 0.227. The maximum atomic E-state index is 12.3. The molecule has 4 rings (SSSR count). The van der Waals surface area contributed by atoms with E-state index in [1.165, 1.54) is 0 Å². The van der Waals surface area contributed by atoms with Gasteiger partial charge in [-0.1, -0.05) is 48.0 Å². The summed E-state index contributed by atoms with van der Waals surface area (Å²) in [7, 11) is 0. The Balaban J connectivity index is 1.18. The van der Waals surface area contributed by atoms with Gasteiger partial charge in [0.15, 0.2) is 0 Å². The van der Waals surface area contributed by atoms with E-state index in [2.05, 4.69) is 15.5 Å². The van der Waals surface area contributed by atoms with Gasteiger partial charge in [-0.25, -0.2) is 0 Å². The molecule has 0 saturated heterocycles. The Morgan fingerprint density at radius 3 is 2.75 bits per heavy atom. The average Bonchev–Trinajstić information content (AvgIpc) is 3.42. The van der Waals surface area contributed by atoms with Crippen LogP contribution in [0.25, 0.3) is 21.5 Å². The Labute approximate surface area is 167 Å². The minimum Gasteiger partial charge on any atom is -0.352 e. The molecule has 0 bridgehead atoms. The Kier molecular flexibility index (Phi) is 5.77. The van der Waals surface area contributed by atoms with Gasteiger partial charge in [-0.15, -0.1) is 11.3 Å². The second kappa shape index (κ2) is 8.80. The van der Waals surface area contributed by atoms with E-state index >= 15 is 0 Å². The van der Waals surface area contributed by atoms with Crippen molar-refractivity contribution in [1.29, 1.82) is 0 Å². The van der Waals surface area contributed by atoms with E-state index < -0.39 is 0 Å². The predicted octanol–water partition coefficient (Wildman–Crippen LogP) is 5.09. The van der Waals surface area contributed by atoms with Crippen molar-refractivity contribution in [3.63, 3.8) is 0 Å². The van der Waals surface area contributed by atoms with Gasteiger partial charge in [-0.05, 0) is 47.2 Å². The van der Waals surface area contributed by atoms with Gasteiger partial charge in [0.25, 0.3) is 5.91 Å². The fourth-order valence-corrected chi connectivity index (χ4v) is 3.72. The van der Waals surface area contributed by atoms with Crippen LogP contribution >= 0.6 is 11.3 Å². The second-order valence-corrected chi connectivity index (χ2v) is 7.57. The van der Waals surface area contributed by atoms with Crippen LogP contribution in [0.3, 0.4) is 0 Å². The molecule has 1 N–H and O–H groups in total. The summed E-state index contributed by atoms with van der Waals surface area (Å²) >= 11 is 1.60. The van der Waals surface area contributed by atoms with Crippen molar-refractivity contribution in [2.45, 2.75) is 25.7 Å². The number of nitrogens with one attached hydrogen (secondary N) is 1. The van der Waals surface area contributed by atoms with Crippen LogP contribution in [-0.4, -0.2) is 22.6 Å². The molecule has 1 amide bonds. The van der Waals surface area contributed by atoms with Gasteiger partial charge >= 0.3 is 0 Å². The van der Waals surface area contributed by atoms with Crippen molar-refractivity contribution in [2.75, 3.05) is 6.54 Å². The van der Waals surface area contributed by atoms with Crippen molar-refractivity contribution in [3.8, 4) is 10.7 Å². The zero-order chi connectivity index (χ0) is 19.2. The summed E-state index contributed by atoms with van der Waals surface area (Å²) in [5.41, 5.74) is 0.700. The molecule has 142 valence electrons. The topological polar surface area (TPSA) is 68.0 Å². The quantitative estimate of drug-likeness (QED) is 0.425. The van der Waals surface area contributed by atoms with Gasteiger partial charge in [0, 0.05) is 18.5 Å². The molecule has 0 spiro atoms. The Hall–Kier alpha value is -2.99. The maximum absolute atomic E-state index is 12.3. The Bertz CT molecular complexity index is 1060. The molecule has 5 nitrogen and oxygen atoms in total. The number of aryl methyl sites for hydroxylation is 1. The van der Waals surface area contributed by atoms with Crippen LogP contribution in [0.4, 0.5) is 0 Å². The van der Waals surface area contributed by atoms with Crippen molar-refractivity contribution < 1.29 is 9.32 Å². The normalized spacial score (nSPS) is 11.0. The molecule has 0 radical (unpaired) electrons. The molecule has 0 unspecified atom stereocenters. The molecule has 4 aromatic rings. The molecule has 0 saturated carbocycles. The molecule has 2 aromatic carbocycles. The van der Waals surface area contributed by atoms with Gasteiger partial charge < -0.3 is 9.84 Å². The highest BCUT2D eigenvalue weighted by atomic mass is 32.1. The summed E-state index contributed by atoms with van der Waals surface area (Å²) in [6, 6.07) is 17.8. The highest BCUT2D eigenvalue weighted by Gasteiger charge is 2.09. The molecule has 0 fully saturated rings. The summed E-state index contributed by atoms with van der Waals surface area (Å²) < 4.78 is 5.30. The van der Waals surface area contributed by atoms with Crippen molar-refractivity contribution in [2.24, 2.45) is 0 Å². The summed E-state index contributed by atoms with van der Waals surface area (Å²) in [5.74, 6) is 1.31. The lowest BCUT2D eigenvalue weighted by Crippen LogP contribution is -2.24. The molecule has 6 heteroatoms. The number of amides is 1. The van der Waals surface area contributed by atoms with Crippen molar-refractivity contribution >= 4 is 28.0 Å². The third kappa shape index (κ3) is 4.46. The Morgan fingerprint density at radius 2 is 1.89 bits per heavy atom. The van der Waals surface area contributed by atoms with Crippen LogP contribution < -0.4 is 5.32 Å². The van der Waals surface area contributed by atoms with Gasteiger partial charge in [0.2, 0.25) is 11.7 Å². The molecule has 0 aliphatic carbocycles. The van der Waals surface area contributed by atoms with E-state index in [1.54, 1.807) is 11.3 Å². The number of fused-ring (bicyclic) bond motifs is 1. The van der Waals surface area contributed by atoms with Gasteiger partial charge in [-0.3, -0.25) is 4.79 Å². The summed E-state index contributed by atoms with van der Waals surface area (Å²) in [4.78, 5) is 17.8. The lowest BCUT2D eigenvalue weighted by molar-refractivity contribution is 0.0953. The van der Waals surface area contributed by atoms with Gasteiger partial charge in [0.1, 0.15) is 0 Å². The first kappa shape index (κ1) is 18.4. The van der Waals surface area contributed by atoms with E-state index in [0.717, 1.165) is 41.3 Å². The number of thiophene rings is 1. The maximum Gasteiger partial charge on any atom is 0.251 e. The van der Waals surface area contributed by atoms with Crippen molar-refractivity contribution in [3.05, 3.63) is 71.4 Å². The third-order valence-corrected chi connectivity index (χ3v) is 5.44. The molecule has 0 atom stereocenters. The third-order valence-electron chi connectivity index (χ3n) is 4.57. The lowest BCUT2D eigenvalue weighted by Gasteiger charge is -2.06. The number of unbranched alkanes of at least 4 members (excludes halogenated alkanes) is 2. The van der Waals surface area contributed by atoms with Crippen LogP contribution in [-0.2, 0) is 6.42 Å².